The lowest BCUT2D eigenvalue weighted by molar-refractivity contribution is -0.140. The smallest absolute Gasteiger partial charge is 0.305 e. The molecule has 1 rings (SSSR count). The average Bonchev–Trinajstić information content (AvgIpc) is 2.77. The van der Waals surface area contributed by atoms with Crippen LogP contribution in [0, 0.1) is 6.92 Å². The Morgan fingerprint density at radius 2 is 1.59 bits per heavy atom. The number of hydrogen-bond donors (Lipinski definition) is 1. The van der Waals surface area contributed by atoms with Crippen molar-refractivity contribution >= 4 is 16.0 Å². The fraction of sp³-hybridized carbons (Fsp3) is 0.654. The van der Waals surface area contributed by atoms with E-state index < -0.39 is 10.0 Å². The molecule has 0 saturated heterocycles. The lowest BCUT2D eigenvalue weighted by atomic mass is 10.1. The van der Waals surface area contributed by atoms with E-state index in [-0.39, 0.29) is 12.0 Å². The molecule has 0 aliphatic rings. The Kier molecular flexibility index (Phi) is 15.0. The maximum atomic E-state index is 12.8. The molecule has 5 nitrogen and oxygen atoms in total. The summed E-state index contributed by atoms with van der Waals surface area (Å²) in [6.07, 6.45) is 17.4. The number of nitrogens with one attached hydrogen (secondary N) is 1. The van der Waals surface area contributed by atoms with Gasteiger partial charge in [0.2, 0.25) is 10.0 Å². The van der Waals surface area contributed by atoms with Crippen LogP contribution in [0.1, 0.15) is 96.0 Å². The van der Waals surface area contributed by atoms with Crippen molar-refractivity contribution in [2.45, 2.75) is 108 Å². The minimum Gasteiger partial charge on any atom is -0.469 e. The Bertz CT molecular complexity index is 757. The van der Waals surface area contributed by atoms with Crippen LogP contribution in [0.2, 0.25) is 0 Å². The van der Waals surface area contributed by atoms with E-state index in [1.807, 2.05) is 25.1 Å². The van der Waals surface area contributed by atoms with Gasteiger partial charge in [-0.25, -0.2) is 13.1 Å². The van der Waals surface area contributed by atoms with Crippen LogP contribution in [0.3, 0.4) is 0 Å². The second-order valence-electron chi connectivity index (χ2n) is 8.55. The van der Waals surface area contributed by atoms with Crippen LogP contribution >= 0.6 is 0 Å². The van der Waals surface area contributed by atoms with Gasteiger partial charge in [0.15, 0.2) is 0 Å². The molecule has 6 heteroatoms. The Labute approximate surface area is 196 Å². The van der Waals surface area contributed by atoms with Gasteiger partial charge < -0.3 is 4.74 Å². The van der Waals surface area contributed by atoms with Crippen molar-refractivity contribution in [2.75, 3.05) is 7.11 Å². The number of unbranched alkanes of at least 4 members (excludes halogenated alkanes) is 9. The molecule has 0 saturated carbocycles. The van der Waals surface area contributed by atoms with E-state index >= 15 is 0 Å². The van der Waals surface area contributed by atoms with E-state index in [1.165, 1.54) is 26.4 Å². The summed E-state index contributed by atoms with van der Waals surface area (Å²) in [5, 5.41) is 0. The standard InChI is InChI=1S/C26H43NO4S/c1-4-5-6-10-13-16-24(27-32(29,30)25-21-19-23(2)20-22-25)17-14-11-8-7-9-12-15-18-26(28)31-3/h14,17,19-22,24,27H,4-13,15-16,18H2,1-3H3/b17-14+. The first-order valence-corrected chi connectivity index (χ1v) is 13.7. The van der Waals surface area contributed by atoms with Crippen LogP contribution < -0.4 is 4.72 Å². The van der Waals surface area contributed by atoms with Crippen molar-refractivity contribution in [3.8, 4) is 0 Å². The molecule has 32 heavy (non-hydrogen) atoms. The second-order valence-corrected chi connectivity index (χ2v) is 10.3. The molecule has 182 valence electrons. The summed E-state index contributed by atoms with van der Waals surface area (Å²) in [4.78, 5) is 11.4. The molecule has 0 spiro atoms. The number of methoxy groups -OCH3 is 1. The van der Waals surface area contributed by atoms with Gasteiger partial charge in [-0.15, -0.1) is 0 Å². The van der Waals surface area contributed by atoms with Crippen molar-refractivity contribution in [3.63, 3.8) is 0 Å². The molecule has 1 unspecified atom stereocenters. The fourth-order valence-electron chi connectivity index (χ4n) is 3.57. The molecule has 1 atom stereocenters. The van der Waals surface area contributed by atoms with Gasteiger partial charge in [0.1, 0.15) is 0 Å². The largest absolute Gasteiger partial charge is 0.469 e. The minimum atomic E-state index is -3.53. The van der Waals surface area contributed by atoms with Crippen molar-refractivity contribution in [3.05, 3.63) is 42.0 Å². The predicted molar refractivity (Wildman–Crippen MR) is 132 cm³/mol. The third-order valence-corrected chi connectivity index (χ3v) is 7.11. The van der Waals surface area contributed by atoms with E-state index in [0.717, 1.165) is 63.4 Å². The number of aryl methyl sites for hydroxylation is 1. The Morgan fingerprint density at radius 1 is 0.969 bits per heavy atom. The van der Waals surface area contributed by atoms with Crippen LogP contribution in [-0.2, 0) is 19.6 Å². The Balaban J connectivity index is 2.48. The number of sulfonamides is 1. The minimum absolute atomic E-state index is 0.137. The molecule has 0 bridgehead atoms. The van der Waals surface area contributed by atoms with Gasteiger partial charge >= 0.3 is 5.97 Å². The Morgan fingerprint density at radius 3 is 2.28 bits per heavy atom. The van der Waals surface area contributed by atoms with Gasteiger partial charge in [0.25, 0.3) is 0 Å². The SMILES string of the molecule is CCCCCCCC(/C=C/CCCCCCCC(=O)OC)NS(=O)(=O)c1ccc(C)cc1. The monoisotopic (exact) mass is 465 g/mol. The third-order valence-electron chi connectivity index (χ3n) is 5.60. The predicted octanol–water partition coefficient (Wildman–Crippen LogP) is 6.46. The maximum absolute atomic E-state index is 12.8. The first-order chi connectivity index (χ1) is 15.4. The molecule has 0 fully saturated rings. The first kappa shape index (κ1) is 28.4. The highest BCUT2D eigenvalue weighted by molar-refractivity contribution is 7.89. The highest BCUT2D eigenvalue weighted by Gasteiger charge is 2.18. The summed E-state index contributed by atoms with van der Waals surface area (Å²) >= 11 is 0. The fourth-order valence-corrected chi connectivity index (χ4v) is 4.80. The Hall–Kier alpha value is -1.66. The summed E-state index contributed by atoms with van der Waals surface area (Å²) in [6, 6.07) is 6.81. The lowest BCUT2D eigenvalue weighted by Gasteiger charge is -2.16. The number of benzene rings is 1. The zero-order valence-corrected chi connectivity index (χ0v) is 21.1. The quantitative estimate of drug-likeness (QED) is 0.153. The summed E-state index contributed by atoms with van der Waals surface area (Å²) in [7, 11) is -2.10. The molecular weight excluding hydrogens is 422 g/mol. The first-order valence-electron chi connectivity index (χ1n) is 12.2. The average molecular weight is 466 g/mol. The van der Waals surface area contributed by atoms with Gasteiger partial charge in [0, 0.05) is 12.5 Å². The maximum Gasteiger partial charge on any atom is 0.305 e. The van der Waals surface area contributed by atoms with Crippen LogP contribution in [0.15, 0.2) is 41.3 Å². The number of hydrogen-bond acceptors (Lipinski definition) is 4. The lowest BCUT2D eigenvalue weighted by Crippen LogP contribution is -2.33. The van der Waals surface area contributed by atoms with Gasteiger partial charge in [-0.1, -0.05) is 88.1 Å². The number of allylic oxidation sites excluding steroid dienone is 1. The van der Waals surface area contributed by atoms with Gasteiger partial charge in [-0.2, -0.15) is 0 Å². The van der Waals surface area contributed by atoms with Crippen LogP contribution in [0.4, 0.5) is 0 Å². The van der Waals surface area contributed by atoms with Crippen LogP contribution in [0.25, 0.3) is 0 Å². The molecule has 1 aromatic rings. The molecular formula is C26H43NO4S. The van der Waals surface area contributed by atoms with Crippen molar-refractivity contribution in [1.29, 1.82) is 0 Å². The number of ether oxygens (including phenoxy) is 1. The molecule has 0 aliphatic carbocycles. The zero-order chi connectivity index (χ0) is 23.7. The molecule has 0 aromatic heterocycles. The molecule has 0 heterocycles. The van der Waals surface area contributed by atoms with E-state index in [2.05, 4.69) is 22.5 Å². The number of rotatable bonds is 18. The van der Waals surface area contributed by atoms with Crippen LogP contribution in [-0.4, -0.2) is 27.5 Å². The normalized spacial score (nSPS) is 12.8. The van der Waals surface area contributed by atoms with Crippen molar-refractivity contribution in [1.82, 2.24) is 4.72 Å². The van der Waals surface area contributed by atoms with E-state index in [0.29, 0.717) is 11.3 Å². The highest BCUT2D eigenvalue weighted by Crippen LogP contribution is 2.15. The van der Waals surface area contributed by atoms with Gasteiger partial charge in [-0.3, -0.25) is 4.79 Å². The number of esters is 1. The third kappa shape index (κ3) is 13.0. The van der Waals surface area contributed by atoms with E-state index in [4.69, 9.17) is 0 Å². The van der Waals surface area contributed by atoms with Gasteiger partial charge in [0.05, 0.1) is 12.0 Å². The highest BCUT2D eigenvalue weighted by atomic mass is 32.2. The van der Waals surface area contributed by atoms with Crippen LogP contribution in [0.5, 0.6) is 0 Å². The summed E-state index contributed by atoms with van der Waals surface area (Å²) < 4.78 is 33.2. The van der Waals surface area contributed by atoms with E-state index in [9.17, 15) is 13.2 Å². The zero-order valence-electron chi connectivity index (χ0n) is 20.3. The number of carbonyl (C=O) groups excluding carboxylic acids is 1. The molecule has 1 aromatic carbocycles. The summed E-state index contributed by atoms with van der Waals surface area (Å²) in [5.74, 6) is -0.137. The molecule has 0 radical (unpaired) electrons. The molecule has 0 amide bonds. The topological polar surface area (TPSA) is 72.5 Å². The van der Waals surface area contributed by atoms with Crippen molar-refractivity contribution < 1.29 is 17.9 Å². The molecule has 1 N–H and O–H groups in total. The van der Waals surface area contributed by atoms with E-state index in [1.54, 1.807) is 12.1 Å². The summed E-state index contributed by atoms with van der Waals surface area (Å²) in [6.45, 7) is 4.14. The summed E-state index contributed by atoms with van der Waals surface area (Å²) in [5.41, 5.74) is 1.04. The number of carbonyl (C=O) groups is 1. The van der Waals surface area contributed by atoms with Crippen molar-refractivity contribution in [2.24, 2.45) is 0 Å². The molecule has 0 aliphatic heterocycles. The van der Waals surface area contributed by atoms with Gasteiger partial charge in [-0.05, 0) is 44.7 Å². The second kappa shape index (κ2) is 16.9.